The SMILES string of the molecule is CCOC(=O)c1ccc(NC(=O)[C@@H]2CC(=O)N(c3ccc(C)cc3C)C2)cc1. The summed E-state index contributed by atoms with van der Waals surface area (Å²) in [5.41, 5.74) is 4.01. The van der Waals surface area contributed by atoms with Crippen LogP contribution in [0.25, 0.3) is 0 Å². The van der Waals surface area contributed by atoms with Crippen molar-refractivity contribution >= 4 is 29.2 Å². The molecule has 0 radical (unpaired) electrons. The molecule has 2 aromatic carbocycles. The molecule has 1 aliphatic rings. The fourth-order valence-corrected chi connectivity index (χ4v) is 3.37. The second-order valence-corrected chi connectivity index (χ2v) is 6.98. The lowest BCUT2D eigenvalue weighted by Gasteiger charge is -2.19. The van der Waals surface area contributed by atoms with Gasteiger partial charge in [-0.1, -0.05) is 17.7 Å². The van der Waals surface area contributed by atoms with Crippen LogP contribution in [-0.4, -0.2) is 30.9 Å². The second kappa shape index (κ2) is 8.25. The van der Waals surface area contributed by atoms with E-state index in [4.69, 9.17) is 4.74 Å². The Balaban J connectivity index is 1.65. The quantitative estimate of drug-likeness (QED) is 0.806. The monoisotopic (exact) mass is 380 g/mol. The number of hydrogen-bond acceptors (Lipinski definition) is 4. The Morgan fingerprint density at radius 1 is 1.14 bits per heavy atom. The van der Waals surface area contributed by atoms with E-state index in [-0.39, 0.29) is 18.2 Å². The van der Waals surface area contributed by atoms with E-state index < -0.39 is 11.9 Å². The largest absolute Gasteiger partial charge is 0.462 e. The third-order valence-electron chi connectivity index (χ3n) is 4.80. The van der Waals surface area contributed by atoms with E-state index in [1.165, 1.54) is 0 Å². The van der Waals surface area contributed by atoms with Crippen LogP contribution in [0, 0.1) is 19.8 Å². The number of carbonyl (C=O) groups is 3. The van der Waals surface area contributed by atoms with Crippen molar-refractivity contribution in [3.05, 3.63) is 59.2 Å². The summed E-state index contributed by atoms with van der Waals surface area (Å²) in [5.74, 6) is -1.07. The minimum absolute atomic E-state index is 0.0511. The molecule has 1 heterocycles. The first-order chi connectivity index (χ1) is 13.4. The summed E-state index contributed by atoms with van der Waals surface area (Å²) < 4.78 is 4.94. The van der Waals surface area contributed by atoms with Crippen molar-refractivity contribution in [2.24, 2.45) is 5.92 Å². The Labute approximate surface area is 164 Å². The van der Waals surface area contributed by atoms with Gasteiger partial charge in [0, 0.05) is 24.3 Å². The Kier molecular flexibility index (Phi) is 5.78. The molecule has 0 spiro atoms. The van der Waals surface area contributed by atoms with Crippen molar-refractivity contribution in [1.29, 1.82) is 0 Å². The number of nitrogens with zero attached hydrogens (tertiary/aromatic N) is 1. The minimum atomic E-state index is -0.419. The van der Waals surface area contributed by atoms with E-state index >= 15 is 0 Å². The summed E-state index contributed by atoms with van der Waals surface area (Å²) >= 11 is 0. The van der Waals surface area contributed by atoms with Crippen LogP contribution in [0.2, 0.25) is 0 Å². The van der Waals surface area contributed by atoms with Crippen LogP contribution in [0.1, 0.15) is 34.8 Å². The van der Waals surface area contributed by atoms with Crippen LogP contribution in [0.3, 0.4) is 0 Å². The predicted molar refractivity (Wildman–Crippen MR) is 107 cm³/mol. The van der Waals surface area contributed by atoms with Gasteiger partial charge in [-0.2, -0.15) is 0 Å². The van der Waals surface area contributed by atoms with Gasteiger partial charge < -0.3 is 15.0 Å². The van der Waals surface area contributed by atoms with Gasteiger partial charge in [-0.05, 0) is 56.7 Å². The third-order valence-corrected chi connectivity index (χ3v) is 4.80. The Bertz CT molecular complexity index is 905. The van der Waals surface area contributed by atoms with Gasteiger partial charge in [-0.15, -0.1) is 0 Å². The molecule has 1 aliphatic heterocycles. The fourth-order valence-electron chi connectivity index (χ4n) is 3.37. The number of ether oxygens (including phenoxy) is 1. The van der Waals surface area contributed by atoms with Crippen molar-refractivity contribution in [2.75, 3.05) is 23.4 Å². The highest BCUT2D eigenvalue weighted by Crippen LogP contribution is 2.29. The number of rotatable bonds is 5. The molecule has 6 heteroatoms. The lowest BCUT2D eigenvalue weighted by atomic mass is 10.1. The molecule has 6 nitrogen and oxygen atoms in total. The maximum absolute atomic E-state index is 12.6. The molecular formula is C22H24N2O4. The molecule has 2 aromatic rings. The highest BCUT2D eigenvalue weighted by molar-refractivity contribution is 6.04. The van der Waals surface area contributed by atoms with Gasteiger partial charge in [0.2, 0.25) is 11.8 Å². The molecule has 0 saturated carbocycles. The maximum Gasteiger partial charge on any atom is 0.338 e. The van der Waals surface area contributed by atoms with Gasteiger partial charge in [0.05, 0.1) is 18.1 Å². The molecule has 1 saturated heterocycles. The Morgan fingerprint density at radius 2 is 1.86 bits per heavy atom. The van der Waals surface area contributed by atoms with Gasteiger partial charge in [-0.25, -0.2) is 4.79 Å². The first-order valence-corrected chi connectivity index (χ1v) is 9.34. The lowest BCUT2D eigenvalue weighted by molar-refractivity contribution is -0.122. The van der Waals surface area contributed by atoms with E-state index in [2.05, 4.69) is 5.32 Å². The van der Waals surface area contributed by atoms with Crippen LogP contribution in [-0.2, 0) is 14.3 Å². The first-order valence-electron chi connectivity index (χ1n) is 9.34. The van der Waals surface area contributed by atoms with Crippen molar-refractivity contribution < 1.29 is 19.1 Å². The Hall–Kier alpha value is -3.15. The summed E-state index contributed by atoms with van der Waals surface area (Å²) in [7, 11) is 0. The molecule has 2 amide bonds. The number of esters is 1. The van der Waals surface area contributed by atoms with E-state index in [1.807, 2.05) is 32.0 Å². The van der Waals surface area contributed by atoms with Crippen molar-refractivity contribution in [2.45, 2.75) is 27.2 Å². The average molecular weight is 380 g/mol. The van der Waals surface area contributed by atoms with Crippen LogP contribution in [0.5, 0.6) is 0 Å². The van der Waals surface area contributed by atoms with Crippen LogP contribution in [0.4, 0.5) is 11.4 Å². The first kappa shape index (κ1) is 19.6. The molecule has 146 valence electrons. The molecular weight excluding hydrogens is 356 g/mol. The molecule has 1 fully saturated rings. The molecule has 3 rings (SSSR count). The molecule has 0 unspecified atom stereocenters. The van der Waals surface area contributed by atoms with Crippen molar-refractivity contribution in [1.82, 2.24) is 0 Å². The van der Waals surface area contributed by atoms with Gasteiger partial charge in [0.25, 0.3) is 0 Å². The van der Waals surface area contributed by atoms with E-state index in [1.54, 1.807) is 36.1 Å². The van der Waals surface area contributed by atoms with Crippen LogP contribution < -0.4 is 10.2 Å². The highest BCUT2D eigenvalue weighted by Gasteiger charge is 2.35. The topological polar surface area (TPSA) is 75.7 Å². The zero-order chi connectivity index (χ0) is 20.3. The molecule has 0 aromatic heterocycles. The van der Waals surface area contributed by atoms with E-state index in [9.17, 15) is 14.4 Å². The van der Waals surface area contributed by atoms with Gasteiger partial charge in [-0.3, -0.25) is 9.59 Å². The minimum Gasteiger partial charge on any atom is -0.462 e. The smallest absolute Gasteiger partial charge is 0.338 e. The van der Waals surface area contributed by atoms with Gasteiger partial charge >= 0.3 is 5.97 Å². The van der Waals surface area contributed by atoms with Crippen molar-refractivity contribution in [3.8, 4) is 0 Å². The zero-order valence-electron chi connectivity index (χ0n) is 16.3. The third kappa shape index (κ3) is 4.22. The van der Waals surface area contributed by atoms with Gasteiger partial charge in [0.15, 0.2) is 0 Å². The molecule has 0 bridgehead atoms. The average Bonchev–Trinajstić information content (AvgIpc) is 3.04. The summed E-state index contributed by atoms with van der Waals surface area (Å²) in [6.07, 6.45) is 0.181. The molecule has 1 N–H and O–H groups in total. The molecule has 0 aliphatic carbocycles. The number of nitrogens with one attached hydrogen (secondary N) is 1. The standard InChI is InChI=1S/C22H24N2O4/c1-4-28-22(27)16-6-8-18(9-7-16)23-21(26)17-12-20(25)24(13-17)19-10-5-14(2)11-15(19)3/h5-11,17H,4,12-13H2,1-3H3,(H,23,26)/t17-/m1/s1. The van der Waals surface area contributed by atoms with E-state index in [0.717, 1.165) is 16.8 Å². The molecule has 28 heavy (non-hydrogen) atoms. The Morgan fingerprint density at radius 3 is 2.50 bits per heavy atom. The number of aryl methyl sites for hydroxylation is 2. The number of hydrogen-bond donors (Lipinski definition) is 1. The summed E-state index contributed by atoms with van der Waals surface area (Å²) in [6.45, 7) is 6.39. The second-order valence-electron chi connectivity index (χ2n) is 6.98. The van der Waals surface area contributed by atoms with Crippen molar-refractivity contribution in [3.63, 3.8) is 0 Å². The van der Waals surface area contributed by atoms with Gasteiger partial charge in [0.1, 0.15) is 0 Å². The normalized spacial score (nSPS) is 16.2. The fraction of sp³-hybridized carbons (Fsp3) is 0.318. The summed E-state index contributed by atoms with van der Waals surface area (Å²) in [5, 5.41) is 2.83. The van der Waals surface area contributed by atoms with E-state index in [0.29, 0.717) is 24.4 Å². The number of benzene rings is 2. The van der Waals surface area contributed by atoms with Crippen LogP contribution >= 0.6 is 0 Å². The number of amides is 2. The summed E-state index contributed by atoms with van der Waals surface area (Å²) in [6, 6.07) is 12.4. The predicted octanol–water partition coefficient (Wildman–Crippen LogP) is 3.47. The number of carbonyl (C=O) groups excluding carboxylic acids is 3. The highest BCUT2D eigenvalue weighted by atomic mass is 16.5. The molecule has 1 atom stereocenters. The number of anilines is 2. The zero-order valence-corrected chi connectivity index (χ0v) is 16.3. The van der Waals surface area contributed by atoms with Crippen LogP contribution in [0.15, 0.2) is 42.5 Å². The summed E-state index contributed by atoms with van der Waals surface area (Å²) in [4.78, 5) is 38.4. The lowest BCUT2D eigenvalue weighted by Crippen LogP contribution is -2.28. The maximum atomic E-state index is 12.6.